The van der Waals surface area contributed by atoms with Crippen LogP contribution in [0.25, 0.3) is 5.82 Å². The summed E-state index contributed by atoms with van der Waals surface area (Å²) >= 11 is 0. The number of aromatic nitrogens is 4. The summed E-state index contributed by atoms with van der Waals surface area (Å²) in [4.78, 5) is 16.6. The van der Waals surface area contributed by atoms with Gasteiger partial charge in [-0.3, -0.25) is 9.36 Å². The van der Waals surface area contributed by atoms with Crippen LogP contribution in [0.3, 0.4) is 0 Å². The van der Waals surface area contributed by atoms with E-state index in [1.807, 2.05) is 23.8 Å². The normalized spacial score (nSPS) is 10.5. The molecule has 2 aromatic heterocycles. The first-order chi connectivity index (χ1) is 14.6. The number of carbonyl (C=O) groups is 1. The summed E-state index contributed by atoms with van der Waals surface area (Å²) in [6.45, 7) is 1.89. The maximum Gasteiger partial charge on any atom is 0.259 e. The number of rotatable bonds is 6. The molecule has 1 amide bonds. The second kappa shape index (κ2) is 8.44. The number of carbonyl (C=O) groups excluding carboxylic acids is 1. The predicted molar refractivity (Wildman–Crippen MR) is 111 cm³/mol. The van der Waals surface area contributed by atoms with Crippen molar-refractivity contribution in [2.45, 2.75) is 6.92 Å². The Morgan fingerprint density at radius 2 is 1.80 bits per heavy atom. The number of nitrogens with one attached hydrogen (secondary N) is 1. The van der Waals surface area contributed by atoms with Gasteiger partial charge in [0.15, 0.2) is 5.82 Å². The van der Waals surface area contributed by atoms with E-state index in [1.165, 1.54) is 7.11 Å². The molecule has 8 nitrogen and oxygen atoms in total. The lowest BCUT2D eigenvalue weighted by Gasteiger charge is -2.10. The van der Waals surface area contributed by atoms with Gasteiger partial charge < -0.3 is 14.8 Å². The third-order valence-electron chi connectivity index (χ3n) is 4.38. The van der Waals surface area contributed by atoms with Crippen LogP contribution in [0, 0.1) is 6.92 Å². The minimum Gasteiger partial charge on any atom is -0.496 e. The Morgan fingerprint density at radius 1 is 1.00 bits per heavy atom. The van der Waals surface area contributed by atoms with Crippen LogP contribution in [0.1, 0.15) is 16.2 Å². The van der Waals surface area contributed by atoms with E-state index in [0.29, 0.717) is 34.4 Å². The number of para-hydroxylation sites is 1. The number of methoxy groups -OCH3 is 1. The second-order valence-electron chi connectivity index (χ2n) is 6.36. The lowest BCUT2D eigenvalue weighted by Crippen LogP contribution is -2.12. The standard InChI is InChI=1S/C22H19N5O3/c1-15-23-13-14-27(15)20-11-12-21(26-25-20)30-17-9-7-16(8-10-17)24-22(28)18-5-3-4-6-19(18)29-2/h3-14H,1-2H3,(H,24,28). The molecule has 4 aromatic rings. The van der Waals surface area contributed by atoms with E-state index in [1.54, 1.807) is 60.8 Å². The van der Waals surface area contributed by atoms with Crippen molar-refractivity contribution in [3.63, 3.8) is 0 Å². The molecule has 0 aliphatic carbocycles. The number of nitrogens with zero attached hydrogens (tertiary/aromatic N) is 4. The topological polar surface area (TPSA) is 91.2 Å². The molecule has 150 valence electrons. The van der Waals surface area contributed by atoms with Gasteiger partial charge in [0, 0.05) is 24.1 Å². The van der Waals surface area contributed by atoms with Crippen LogP contribution in [0.2, 0.25) is 0 Å². The first-order valence-electron chi connectivity index (χ1n) is 9.20. The van der Waals surface area contributed by atoms with Crippen molar-refractivity contribution in [3.8, 4) is 23.2 Å². The van der Waals surface area contributed by atoms with Gasteiger partial charge in [-0.1, -0.05) is 12.1 Å². The van der Waals surface area contributed by atoms with Crippen molar-refractivity contribution in [1.82, 2.24) is 19.7 Å². The van der Waals surface area contributed by atoms with Gasteiger partial charge >= 0.3 is 0 Å². The molecule has 0 unspecified atom stereocenters. The Labute approximate surface area is 173 Å². The van der Waals surface area contributed by atoms with Gasteiger partial charge in [0.1, 0.15) is 17.3 Å². The number of ether oxygens (including phenoxy) is 2. The molecular formula is C22H19N5O3. The number of hydrogen-bond donors (Lipinski definition) is 1. The quantitative estimate of drug-likeness (QED) is 0.525. The highest BCUT2D eigenvalue weighted by Crippen LogP contribution is 2.23. The van der Waals surface area contributed by atoms with E-state index in [4.69, 9.17) is 9.47 Å². The number of imidazole rings is 1. The summed E-state index contributed by atoms with van der Waals surface area (Å²) in [6.07, 6.45) is 3.52. The second-order valence-corrected chi connectivity index (χ2v) is 6.36. The number of aryl methyl sites for hydroxylation is 1. The molecule has 0 fully saturated rings. The van der Waals surface area contributed by atoms with Crippen molar-refractivity contribution in [1.29, 1.82) is 0 Å². The van der Waals surface area contributed by atoms with Crippen LogP contribution >= 0.6 is 0 Å². The minimum absolute atomic E-state index is 0.252. The minimum atomic E-state index is -0.252. The highest BCUT2D eigenvalue weighted by atomic mass is 16.5. The van der Waals surface area contributed by atoms with E-state index in [-0.39, 0.29) is 5.91 Å². The summed E-state index contributed by atoms with van der Waals surface area (Å²) in [5.41, 5.74) is 1.10. The lowest BCUT2D eigenvalue weighted by molar-refractivity contribution is 0.102. The molecule has 2 heterocycles. The summed E-state index contributed by atoms with van der Waals surface area (Å²) in [5, 5.41) is 11.1. The Balaban J connectivity index is 1.41. The number of benzene rings is 2. The molecular weight excluding hydrogens is 382 g/mol. The third kappa shape index (κ3) is 4.12. The fourth-order valence-corrected chi connectivity index (χ4v) is 2.87. The number of anilines is 1. The molecule has 1 N–H and O–H groups in total. The van der Waals surface area contributed by atoms with Gasteiger partial charge in [-0.15, -0.1) is 10.2 Å². The molecule has 0 saturated carbocycles. The van der Waals surface area contributed by atoms with Gasteiger partial charge in [0.25, 0.3) is 5.91 Å². The van der Waals surface area contributed by atoms with Gasteiger partial charge in [-0.05, 0) is 49.4 Å². The van der Waals surface area contributed by atoms with E-state index >= 15 is 0 Å². The predicted octanol–water partition coefficient (Wildman–Crippen LogP) is 4.02. The maximum absolute atomic E-state index is 12.5. The molecule has 8 heteroatoms. The fourth-order valence-electron chi connectivity index (χ4n) is 2.87. The smallest absolute Gasteiger partial charge is 0.259 e. The van der Waals surface area contributed by atoms with E-state index in [9.17, 15) is 4.79 Å². The van der Waals surface area contributed by atoms with E-state index < -0.39 is 0 Å². The average molecular weight is 401 g/mol. The molecule has 2 aromatic carbocycles. The highest BCUT2D eigenvalue weighted by molar-refractivity contribution is 6.06. The largest absolute Gasteiger partial charge is 0.496 e. The van der Waals surface area contributed by atoms with Crippen LogP contribution in [-0.4, -0.2) is 32.8 Å². The number of hydrogen-bond acceptors (Lipinski definition) is 6. The van der Waals surface area contributed by atoms with Crippen LogP contribution in [0.15, 0.2) is 73.1 Å². The van der Waals surface area contributed by atoms with Crippen molar-refractivity contribution in [2.24, 2.45) is 0 Å². The Kier molecular flexibility index (Phi) is 5.38. The molecule has 0 atom stereocenters. The summed E-state index contributed by atoms with van der Waals surface area (Å²) in [7, 11) is 1.53. The third-order valence-corrected chi connectivity index (χ3v) is 4.38. The zero-order valence-corrected chi connectivity index (χ0v) is 16.4. The first kappa shape index (κ1) is 19.1. The van der Waals surface area contributed by atoms with Crippen molar-refractivity contribution in [2.75, 3.05) is 12.4 Å². The molecule has 0 radical (unpaired) electrons. The monoisotopic (exact) mass is 401 g/mol. The van der Waals surface area contributed by atoms with Crippen LogP contribution in [0.5, 0.6) is 17.4 Å². The molecule has 0 aliphatic heterocycles. The Morgan fingerprint density at radius 3 is 2.47 bits per heavy atom. The summed E-state index contributed by atoms with van der Waals surface area (Å²) < 4.78 is 12.8. The molecule has 0 saturated heterocycles. The van der Waals surface area contributed by atoms with Gasteiger partial charge in [-0.25, -0.2) is 4.98 Å². The maximum atomic E-state index is 12.5. The molecule has 0 spiro atoms. The van der Waals surface area contributed by atoms with E-state index in [2.05, 4.69) is 20.5 Å². The molecule has 30 heavy (non-hydrogen) atoms. The zero-order valence-electron chi connectivity index (χ0n) is 16.4. The number of amides is 1. The lowest BCUT2D eigenvalue weighted by atomic mass is 10.2. The summed E-state index contributed by atoms with van der Waals surface area (Å²) in [5.74, 6) is 2.68. The molecule has 0 aliphatic rings. The first-order valence-corrected chi connectivity index (χ1v) is 9.20. The zero-order chi connectivity index (χ0) is 20.9. The van der Waals surface area contributed by atoms with Crippen molar-refractivity contribution in [3.05, 3.63) is 84.4 Å². The van der Waals surface area contributed by atoms with Gasteiger partial charge in [-0.2, -0.15) is 0 Å². The van der Waals surface area contributed by atoms with Crippen LogP contribution in [0.4, 0.5) is 5.69 Å². The Bertz CT molecular complexity index is 1150. The van der Waals surface area contributed by atoms with Crippen molar-refractivity contribution >= 4 is 11.6 Å². The highest BCUT2D eigenvalue weighted by Gasteiger charge is 2.12. The van der Waals surface area contributed by atoms with Crippen LogP contribution in [-0.2, 0) is 0 Å². The van der Waals surface area contributed by atoms with Crippen molar-refractivity contribution < 1.29 is 14.3 Å². The van der Waals surface area contributed by atoms with Gasteiger partial charge in [0.05, 0.1) is 12.7 Å². The SMILES string of the molecule is COc1ccccc1C(=O)Nc1ccc(Oc2ccc(-n3ccnc3C)nn2)cc1. The van der Waals surface area contributed by atoms with Crippen LogP contribution < -0.4 is 14.8 Å². The Hall–Kier alpha value is -4.20. The molecule has 0 bridgehead atoms. The summed E-state index contributed by atoms with van der Waals surface area (Å²) in [6, 6.07) is 17.6. The van der Waals surface area contributed by atoms with Gasteiger partial charge in [0.2, 0.25) is 5.88 Å². The fraction of sp³-hybridized carbons (Fsp3) is 0.0909. The average Bonchev–Trinajstić information content (AvgIpc) is 3.21. The molecule has 4 rings (SSSR count). The van der Waals surface area contributed by atoms with E-state index in [0.717, 1.165) is 5.82 Å².